The predicted molar refractivity (Wildman–Crippen MR) is 79.5 cm³/mol. The summed E-state index contributed by atoms with van der Waals surface area (Å²) >= 11 is 0. The van der Waals surface area contributed by atoms with Crippen LogP contribution in [0.15, 0.2) is 24.3 Å². The van der Waals surface area contributed by atoms with E-state index in [2.05, 4.69) is 5.32 Å². The Balaban J connectivity index is 2.12. The Bertz CT molecular complexity index is 564. The summed E-state index contributed by atoms with van der Waals surface area (Å²) in [4.78, 5) is 26.1. The third-order valence-corrected chi connectivity index (χ3v) is 4.03. The van der Waals surface area contributed by atoms with Gasteiger partial charge in [-0.1, -0.05) is 12.1 Å². The molecule has 0 radical (unpaired) electrons. The van der Waals surface area contributed by atoms with E-state index in [0.717, 1.165) is 0 Å². The lowest BCUT2D eigenvalue weighted by Gasteiger charge is -2.34. The van der Waals surface area contributed by atoms with Crippen molar-refractivity contribution in [3.63, 3.8) is 0 Å². The van der Waals surface area contributed by atoms with E-state index in [1.807, 2.05) is 0 Å². The molecule has 1 N–H and O–H groups in total. The van der Waals surface area contributed by atoms with Gasteiger partial charge in [0, 0.05) is 26.6 Å². The van der Waals surface area contributed by atoms with E-state index in [9.17, 15) is 14.0 Å². The molecule has 1 aromatic carbocycles. The second-order valence-corrected chi connectivity index (χ2v) is 5.63. The number of nitrogens with one attached hydrogen (secondary N) is 1. The minimum absolute atomic E-state index is 0.0892. The van der Waals surface area contributed by atoms with Gasteiger partial charge in [0.1, 0.15) is 11.4 Å². The summed E-state index contributed by atoms with van der Waals surface area (Å²) in [5.41, 5.74) is -0.233. The molecule has 1 aromatic rings. The van der Waals surface area contributed by atoms with Crippen molar-refractivity contribution in [2.75, 3.05) is 20.3 Å². The Morgan fingerprint density at radius 3 is 2.95 bits per heavy atom. The van der Waals surface area contributed by atoms with Crippen LogP contribution in [0.4, 0.5) is 4.39 Å². The smallest absolute Gasteiger partial charge is 0.245 e. The van der Waals surface area contributed by atoms with Gasteiger partial charge in [0.15, 0.2) is 0 Å². The number of amides is 2. The van der Waals surface area contributed by atoms with Crippen LogP contribution in [0.3, 0.4) is 0 Å². The number of halogens is 1. The molecule has 0 bridgehead atoms. The van der Waals surface area contributed by atoms with Gasteiger partial charge < -0.3 is 15.0 Å². The Labute approximate surface area is 129 Å². The number of ether oxygens (including phenoxy) is 1. The summed E-state index contributed by atoms with van der Waals surface area (Å²) in [5, 5.41) is 2.78. The van der Waals surface area contributed by atoms with Crippen molar-refractivity contribution < 1.29 is 18.7 Å². The third kappa shape index (κ3) is 3.44. The molecule has 1 aliphatic rings. The van der Waals surface area contributed by atoms with Crippen LogP contribution in [0.25, 0.3) is 0 Å². The highest BCUT2D eigenvalue weighted by molar-refractivity contribution is 5.94. The quantitative estimate of drug-likeness (QED) is 0.810. The topological polar surface area (TPSA) is 58.6 Å². The molecule has 1 saturated heterocycles. The average Bonchev–Trinajstić information content (AvgIpc) is 2.77. The zero-order valence-electron chi connectivity index (χ0n) is 12.9. The van der Waals surface area contributed by atoms with Crippen molar-refractivity contribution in [3.05, 3.63) is 35.6 Å². The summed E-state index contributed by atoms with van der Waals surface area (Å²) < 4.78 is 18.2. The number of carbonyl (C=O) groups is 2. The zero-order valence-corrected chi connectivity index (χ0v) is 12.9. The lowest BCUT2D eigenvalue weighted by atomic mass is 9.97. The minimum atomic E-state index is -0.906. The van der Waals surface area contributed by atoms with Crippen molar-refractivity contribution in [1.29, 1.82) is 0 Å². The molecule has 22 heavy (non-hydrogen) atoms. The first-order chi connectivity index (χ1) is 10.5. The van der Waals surface area contributed by atoms with Crippen LogP contribution < -0.4 is 5.32 Å². The standard InChI is InChI=1S/C16H21FN2O3/c1-16(15(21)18-8-9-22-2)7-6-14(20)19(16)11-12-4-3-5-13(17)10-12/h3-5,10H,6-9,11H2,1-2H3,(H,18,21). The maximum Gasteiger partial charge on any atom is 0.245 e. The lowest BCUT2D eigenvalue weighted by Crippen LogP contribution is -2.54. The van der Waals surface area contributed by atoms with Crippen LogP contribution >= 0.6 is 0 Å². The molecule has 6 heteroatoms. The molecule has 1 aliphatic heterocycles. The first-order valence-electron chi connectivity index (χ1n) is 7.29. The molecule has 1 heterocycles. The predicted octanol–water partition coefficient (Wildman–Crippen LogP) is 1.47. The molecule has 0 aliphatic carbocycles. The van der Waals surface area contributed by atoms with Crippen LogP contribution in [-0.2, 0) is 20.9 Å². The van der Waals surface area contributed by atoms with E-state index in [0.29, 0.717) is 31.6 Å². The number of hydrogen-bond donors (Lipinski definition) is 1. The number of nitrogens with zero attached hydrogens (tertiary/aromatic N) is 1. The molecule has 120 valence electrons. The molecular formula is C16H21FN2O3. The molecule has 1 atom stereocenters. The normalized spacial score (nSPS) is 21.2. The Morgan fingerprint density at radius 2 is 2.27 bits per heavy atom. The van der Waals surface area contributed by atoms with Gasteiger partial charge >= 0.3 is 0 Å². The largest absolute Gasteiger partial charge is 0.383 e. The van der Waals surface area contributed by atoms with Crippen LogP contribution in [0.1, 0.15) is 25.3 Å². The van der Waals surface area contributed by atoms with Gasteiger partial charge in [-0.2, -0.15) is 0 Å². The van der Waals surface area contributed by atoms with Gasteiger partial charge in [-0.25, -0.2) is 4.39 Å². The highest BCUT2D eigenvalue weighted by atomic mass is 19.1. The van der Waals surface area contributed by atoms with Crippen LogP contribution in [0.2, 0.25) is 0 Å². The van der Waals surface area contributed by atoms with Crippen molar-refractivity contribution in [2.24, 2.45) is 0 Å². The van der Waals surface area contributed by atoms with Crippen molar-refractivity contribution in [1.82, 2.24) is 10.2 Å². The fraction of sp³-hybridized carbons (Fsp3) is 0.500. The Kier molecular flexibility index (Phi) is 5.13. The molecular weight excluding hydrogens is 287 g/mol. The van der Waals surface area contributed by atoms with Crippen LogP contribution in [0.5, 0.6) is 0 Å². The summed E-state index contributed by atoms with van der Waals surface area (Å²) in [6.45, 7) is 2.79. The summed E-state index contributed by atoms with van der Waals surface area (Å²) in [6.07, 6.45) is 0.781. The van der Waals surface area contributed by atoms with E-state index in [1.54, 1.807) is 26.2 Å². The monoisotopic (exact) mass is 308 g/mol. The minimum Gasteiger partial charge on any atom is -0.383 e. The summed E-state index contributed by atoms with van der Waals surface area (Å²) in [7, 11) is 1.56. The van der Waals surface area contributed by atoms with Crippen LogP contribution in [-0.4, -0.2) is 42.5 Å². The van der Waals surface area contributed by atoms with Crippen molar-refractivity contribution in [3.8, 4) is 0 Å². The van der Waals surface area contributed by atoms with Gasteiger partial charge in [-0.05, 0) is 31.0 Å². The zero-order chi connectivity index (χ0) is 16.2. The Hall–Kier alpha value is -1.95. The van der Waals surface area contributed by atoms with Crippen molar-refractivity contribution >= 4 is 11.8 Å². The van der Waals surface area contributed by atoms with E-state index >= 15 is 0 Å². The van der Waals surface area contributed by atoms with E-state index < -0.39 is 5.54 Å². The van der Waals surface area contributed by atoms with Gasteiger partial charge in [0.05, 0.1) is 6.61 Å². The second-order valence-electron chi connectivity index (χ2n) is 5.63. The molecule has 0 saturated carbocycles. The molecule has 5 nitrogen and oxygen atoms in total. The van der Waals surface area contributed by atoms with E-state index in [1.165, 1.54) is 17.0 Å². The third-order valence-electron chi connectivity index (χ3n) is 4.03. The molecule has 0 aromatic heterocycles. The van der Waals surface area contributed by atoms with Gasteiger partial charge in [0.2, 0.25) is 11.8 Å². The Morgan fingerprint density at radius 1 is 1.50 bits per heavy atom. The molecule has 1 fully saturated rings. The van der Waals surface area contributed by atoms with Gasteiger partial charge in [-0.3, -0.25) is 9.59 Å². The average molecular weight is 308 g/mol. The number of carbonyl (C=O) groups excluding carboxylic acids is 2. The fourth-order valence-electron chi connectivity index (χ4n) is 2.67. The number of likely N-dealkylation sites (tertiary alicyclic amines) is 1. The first kappa shape index (κ1) is 16.4. The molecule has 0 spiro atoms. The number of rotatable bonds is 6. The summed E-state index contributed by atoms with van der Waals surface area (Å²) in [5.74, 6) is -0.643. The SMILES string of the molecule is COCCNC(=O)C1(C)CCC(=O)N1Cc1cccc(F)c1. The molecule has 2 rings (SSSR count). The number of methoxy groups -OCH3 is 1. The maximum absolute atomic E-state index is 13.3. The summed E-state index contributed by atoms with van der Waals surface area (Å²) in [6, 6.07) is 6.08. The molecule has 1 unspecified atom stereocenters. The lowest BCUT2D eigenvalue weighted by molar-refractivity contribution is -0.141. The highest BCUT2D eigenvalue weighted by Gasteiger charge is 2.46. The second kappa shape index (κ2) is 6.87. The molecule has 2 amide bonds. The van der Waals surface area contributed by atoms with Crippen molar-refractivity contribution in [2.45, 2.75) is 31.8 Å². The highest BCUT2D eigenvalue weighted by Crippen LogP contribution is 2.32. The first-order valence-corrected chi connectivity index (χ1v) is 7.29. The number of hydrogen-bond acceptors (Lipinski definition) is 3. The fourth-order valence-corrected chi connectivity index (χ4v) is 2.67. The maximum atomic E-state index is 13.3. The van der Waals surface area contributed by atoms with Gasteiger partial charge in [0.25, 0.3) is 0 Å². The number of benzene rings is 1. The van der Waals surface area contributed by atoms with E-state index in [4.69, 9.17) is 4.74 Å². The van der Waals surface area contributed by atoms with E-state index in [-0.39, 0.29) is 24.2 Å². The van der Waals surface area contributed by atoms with Gasteiger partial charge in [-0.15, -0.1) is 0 Å². The van der Waals surface area contributed by atoms with Crippen LogP contribution in [0, 0.1) is 5.82 Å².